The highest BCUT2D eigenvalue weighted by Gasteiger charge is 2.05. The van der Waals surface area contributed by atoms with Gasteiger partial charge in [-0.25, -0.2) is 4.98 Å². The molecule has 0 radical (unpaired) electrons. The molecule has 0 fully saturated rings. The van der Waals surface area contributed by atoms with Crippen molar-refractivity contribution in [2.24, 2.45) is 0 Å². The zero-order valence-corrected chi connectivity index (χ0v) is 9.81. The maximum atomic E-state index is 4.97. The first-order chi connectivity index (χ1) is 7.81. The van der Waals surface area contributed by atoms with Crippen LogP contribution in [0.2, 0.25) is 0 Å². The zero-order valence-electron chi connectivity index (χ0n) is 9.81. The summed E-state index contributed by atoms with van der Waals surface area (Å²) < 4.78 is 4.97. The topological polar surface area (TPSA) is 26.0 Å². The van der Waals surface area contributed by atoms with E-state index in [1.807, 2.05) is 0 Å². The van der Waals surface area contributed by atoms with E-state index in [0.717, 1.165) is 11.3 Å². The summed E-state index contributed by atoms with van der Waals surface area (Å²) in [4.78, 5) is 4.13. The lowest BCUT2D eigenvalue weighted by molar-refractivity contribution is 0.558. The van der Waals surface area contributed by atoms with E-state index in [-0.39, 0.29) is 0 Å². The number of aromatic nitrogens is 1. The summed E-state index contributed by atoms with van der Waals surface area (Å²) in [7, 11) is 0. The average molecular weight is 215 g/mol. The van der Waals surface area contributed by atoms with Crippen LogP contribution in [0.4, 0.5) is 0 Å². The molecule has 0 aliphatic heterocycles. The SMILES string of the molecule is CCCC(C)c1ccc(-c2cocn2)cc1. The lowest BCUT2D eigenvalue weighted by atomic mass is 9.95. The molecule has 0 bridgehead atoms. The Bertz CT molecular complexity index is 417. The molecule has 2 rings (SSSR count). The van der Waals surface area contributed by atoms with E-state index >= 15 is 0 Å². The Hall–Kier alpha value is -1.57. The van der Waals surface area contributed by atoms with Crippen LogP contribution in [-0.2, 0) is 0 Å². The van der Waals surface area contributed by atoms with Crippen molar-refractivity contribution in [3.63, 3.8) is 0 Å². The highest BCUT2D eigenvalue weighted by Crippen LogP contribution is 2.24. The molecule has 16 heavy (non-hydrogen) atoms. The minimum absolute atomic E-state index is 0.636. The molecule has 0 aliphatic carbocycles. The number of benzene rings is 1. The van der Waals surface area contributed by atoms with Crippen LogP contribution in [0.1, 0.15) is 38.2 Å². The normalized spacial score (nSPS) is 12.6. The molecule has 2 nitrogen and oxygen atoms in total. The Kier molecular flexibility index (Phi) is 3.40. The van der Waals surface area contributed by atoms with Crippen LogP contribution in [0, 0.1) is 0 Å². The van der Waals surface area contributed by atoms with E-state index in [0.29, 0.717) is 5.92 Å². The van der Waals surface area contributed by atoms with Crippen LogP contribution in [0.5, 0.6) is 0 Å². The van der Waals surface area contributed by atoms with E-state index in [1.54, 1.807) is 6.26 Å². The van der Waals surface area contributed by atoms with Gasteiger partial charge in [-0.05, 0) is 17.9 Å². The van der Waals surface area contributed by atoms with Crippen molar-refractivity contribution in [3.05, 3.63) is 42.5 Å². The highest BCUT2D eigenvalue weighted by atomic mass is 16.3. The van der Waals surface area contributed by atoms with E-state index in [9.17, 15) is 0 Å². The van der Waals surface area contributed by atoms with Gasteiger partial charge in [0.1, 0.15) is 12.0 Å². The molecular formula is C14H17NO. The summed E-state index contributed by atoms with van der Waals surface area (Å²) in [6, 6.07) is 8.59. The molecule has 1 heterocycles. The molecule has 0 aliphatic rings. The van der Waals surface area contributed by atoms with E-state index in [1.165, 1.54) is 24.8 Å². The first-order valence-corrected chi connectivity index (χ1v) is 5.79. The van der Waals surface area contributed by atoms with Crippen LogP contribution in [0.3, 0.4) is 0 Å². The first-order valence-electron chi connectivity index (χ1n) is 5.79. The quantitative estimate of drug-likeness (QED) is 0.762. The van der Waals surface area contributed by atoms with E-state index in [4.69, 9.17) is 4.42 Å². The second-order valence-electron chi connectivity index (χ2n) is 4.19. The number of rotatable bonds is 4. The van der Waals surface area contributed by atoms with Gasteiger partial charge in [-0.15, -0.1) is 0 Å². The Labute approximate surface area is 96.3 Å². The van der Waals surface area contributed by atoms with Crippen molar-refractivity contribution < 1.29 is 4.42 Å². The second-order valence-corrected chi connectivity index (χ2v) is 4.19. The van der Waals surface area contributed by atoms with Crippen LogP contribution < -0.4 is 0 Å². The molecular weight excluding hydrogens is 198 g/mol. The minimum Gasteiger partial charge on any atom is -0.451 e. The van der Waals surface area contributed by atoms with Crippen LogP contribution >= 0.6 is 0 Å². The fourth-order valence-corrected chi connectivity index (χ4v) is 1.94. The Morgan fingerprint density at radius 3 is 2.56 bits per heavy atom. The molecule has 1 unspecified atom stereocenters. The number of hydrogen-bond acceptors (Lipinski definition) is 2. The van der Waals surface area contributed by atoms with Crippen LogP contribution in [0.25, 0.3) is 11.3 Å². The maximum Gasteiger partial charge on any atom is 0.181 e. The predicted octanol–water partition coefficient (Wildman–Crippen LogP) is 4.25. The molecule has 2 aromatic rings. The van der Waals surface area contributed by atoms with Gasteiger partial charge >= 0.3 is 0 Å². The van der Waals surface area contributed by atoms with Crippen LogP contribution in [-0.4, -0.2) is 4.98 Å². The molecule has 84 valence electrons. The van der Waals surface area contributed by atoms with Crippen molar-refractivity contribution in [2.75, 3.05) is 0 Å². The zero-order chi connectivity index (χ0) is 11.4. The lowest BCUT2D eigenvalue weighted by Gasteiger charge is -2.10. The van der Waals surface area contributed by atoms with Gasteiger partial charge in [-0.3, -0.25) is 0 Å². The third-order valence-corrected chi connectivity index (χ3v) is 2.93. The van der Waals surface area contributed by atoms with Crippen LogP contribution in [0.15, 0.2) is 41.3 Å². The van der Waals surface area contributed by atoms with Crippen molar-refractivity contribution in [1.82, 2.24) is 4.98 Å². The predicted molar refractivity (Wildman–Crippen MR) is 65.3 cm³/mol. The summed E-state index contributed by atoms with van der Waals surface area (Å²) in [5, 5.41) is 0. The molecule has 0 N–H and O–H groups in total. The molecule has 1 atom stereocenters. The largest absolute Gasteiger partial charge is 0.451 e. The molecule has 1 aromatic carbocycles. The average Bonchev–Trinajstić information content (AvgIpc) is 2.83. The van der Waals surface area contributed by atoms with Gasteiger partial charge in [0.2, 0.25) is 0 Å². The lowest BCUT2D eigenvalue weighted by Crippen LogP contribution is -1.92. The van der Waals surface area contributed by atoms with Gasteiger partial charge in [0, 0.05) is 5.56 Å². The van der Waals surface area contributed by atoms with Gasteiger partial charge in [0.25, 0.3) is 0 Å². The van der Waals surface area contributed by atoms with Gasteiger partial charge in [-0.1, -0.05) is 44.5 Å². The number of oxazole rings is 1. The Morgan fingerprint density at radius 1 is 1.25 bits per heavy atom. The molecule has 2 heteroatoms. The summed E-state index contributed by atoms with van der Waals surface area (Å²) in [5.74, 6) is 0.636. The second kappa shape index (κ2) is 4.97. The third-order valence-electron chi connectivity index (χ3n) is 2.93. The summed E-state index contributed by atoms with van der Waals surface area (Å²) >= 11 is 0. The van der Waals surface area contributed by atoms with Crippen molar-refractivity contribution in [2.45, 2.75) is 32.6 Å². The number of hydrogen-bond donors (Lipinski definition) is 0. The van der Waals surface area contributed by atoms with Gasteiger partial charge < -0.3 is 4.42 Å². The van der Waals surface area contributed by atoms with E-state index < -0.39 is 0 Å². The van der Waals surface area contributed by atoms with Crippen molar-refractivity contribution in [1.29, 1.82) is 0 Å². The first kappa shape index (κ1) is 10.9. The highest BCUT2D eigenvalue weighted by molar-refractivity contribution is 5.57. The summed E-state index contributed by atoms with van der Waals surface area (Å²) in [5.41, 5.74) is 3.41. The maximum absolute atomic E-state index is 4.97. The smallest absolute Gasteiger partial charge is 0.181 e. The molecule has 0 spiro atoms. The van der Waals surface area contributed by atoms with Gasteiger partial charge in [-0.2, -0.15) is 0 Å². The monoisotopic (exact) mass is 215 g/mol. The third kappa shape index (κ3) is 2.32. The molecule has 0 saturated carbocycles. The fraction of sp³-hybridized carbons (Fsp3) is 0.357. The standard InChI is InChI=1S/C14H17NO/c1-3-4-11(2)12-5-7-13(8-6-12)14-9-16-10-15-14/h5-11H,3-4H2,1-2H3. The van der Waals surface area contributed by atoms with Gasteiger partial charge in [0.15, 0.2) is 6.39 Å². The molecule has 1 aromatic heterocycles. The Morgan fingerprint density at radius 2 is 2.00 bits per heavy atom. The van der Waals surface area contributed by atoms with Crippen molar-refractivity contribution in [3.8, 4) is 11.3 Å². The minimum atomic E-state index is 0.636. The summed E-state index contributed by atoms with van der Waals surface area (Å²) in [6.45, 7) is 4.49. The Balaban J connectivity index is 2.16. The molecule has 0 saturated heterocycles. The van der Waals surface area contributed by atoms with Gasteiger partial charge in [0.05, 0.1) is 0 Å². The van der Waals surface area contributed by atoms with E-state index in [2.05, 4.69) is 43.1 Å². The summed E-state index contributed by atoms with van der Waals surface area (Å²) in [6.07, 6.45) is 5.60. The molecule has 0 amide bonds. The fourth-order valence-electron chi connectivity index (χ4n) is 1.94. The van der Waals surface area contributed by atoms with Crippen molar-refractivity contribution >= 4 is 0 Å². The number of nitrogens with zero attached hydrogens (tertiary/aromatic N) is 1.